The highest BCUT2D eigenvalue weighted by molar-refractivity contribution is 5.90. The highest BCUT2D eigenvalue weighted by Gasteiger charge is 2.33. The number of alkyl halides is 3. The van der Waals surface area contributed by atoms with Gasteiger partial charge in [-0.05, 0) is 24.8 Å². The van der Waals surface area contributed by atoms with Crippen LogP contribution in [-0.4, -0.2) is 43.4 Å². The largest absolute Gasteiger partial charge is 0.433 e. The van der Waals surface area contributed by atoms with Crippen LogP contribution in [0.5, 0.6) is 0 Å². The molecule has 0 radical (unpaired) electrons. The van der Waals surface area contributed by atoms with E-state index >= 15 is 0 Å². The van der Waals surface area contributed by atoms with Crippen LogP contribution in [0, 0.1) is 5.92 Å². The lowest BCUT2D eigenvalue weighted by molar-refractivity contribution is -0.141. The lowest BCUT2D eigenvalue weighted by Crippen LogP contribution is -2.40. The van der Waals surface area contributed by atoms with E-state index in [1.807, 2.05) is 0 Å². The van der Waals surface area contributed by atoms with Crippen molar-refractivity contribution in [2.75, 3.05) is 13.1 Å². The molecular formula is C16H16F3N5O2. The van der Waals surface area contributed by atoms with Crippen molar-refractivity contribution in [3.05, 3.63) is 52.7 Å². The van der Waals surface area contributed by atoms with Gasteiger partial charge in [0.15, 0.2) is 5.69 Å². The second kappa shape index (κ2) is 7.22. The van der Waals surface area contributed by atoms with Crippen LogP contribution in [0.15, 0.2) is 35.6 Å². The average molecular weight is 367 g/mol. The first-order valence-corrected chi connectivity index (χ1v) is 8.04. The van der Waals surface area contributed by atoms with Crippen LogP contribution in [0.3, 0.4) is 0 Å². The highest BCUT2D eigenvalue weighted by atomic mass is 19.4. The van der Waals surface area contributed by atoms with E-state index in [-0.39, 0.29) is 24.2 Å². The summed E-state index contributed by atoms with van der Waals surface area (Å²) in [6.07, 6.45) is 0.552. The van der Waals surface area contributed by atoms with Gasteiger partial charge in [0.05, 0.1) is 6.33 Å². The first-order valence-electron chi connectivity index (χ1n) is 8.04. The molecule has 138 valence electrons. The van der Waals surface area contributed by atoms with Crippen molar-refractivity contribution in [2.24, 2.45) is 5.92 Å². The summed E-state index contributed by atoms with van der Waals surface area (Å²) in [4.78, 5) is 37.0. The first-order chi connectivity index (χ1) is 12.3. The van der Waals surface area contributed by atoms with Crippen molar-refractivity contribution >= 4 is 5.91 Å². The number of piperidine rings is 1. The molecule has 1 aliphatic rings. The highest BCUT2D eigenvalue weighted by Crippen LogP contribution is 2.26. The van der Waals surface area contributed by atoms with Crippen molar-refractivity contribution in [3.8, 4) is 0 Å². The predicted molar refractivity (Wildman–Crippen MR) is 84.2 cm³/mol. The van der Waals surface area contributed by atoms with Gasteiger partial charge in [0.1, 0.15) is 0 Å². The zero-order valence-corrected chi connectivity index (χ0v) is 13.7. The fourth-order valence-electron chi connectivity index (χ4n) is 2.87. The molecule has 7 nitrogen and oxygen atoms in total. The van der Waals surface area contributed by atoms with Crippen LogP contribution in [-0.2, 0) is 12.7 Å². The number of aromatic nitrogens is 4. The zero-order valence-electron chi connectivity index (χ0n) is 13.7. The molecule has 1 fully saturated rings. The van der Waals surface area contributed by atoms with Gasteiger partial charge in [-0.25, -0.2) is 15.0 Å². The van der Waals surface area contributed by atoms with Crippen molar-refractivity contribution in [1.82, 2.24) is 24.4 Å². The molecule has 0 aliphatic carbocycles. The normalized spacial score (nSPS) is 15.9. The van der Waals surface area contributed by atoms with Crippen molar-refractivity contribution in [3.63, 3.8) is 0 Å². The van der Waals surface area contributed by atoms with Crippen molar-refractivity contribution in [1.29, 1.82) is 0 Å². The molecular weight excluding hydrogens is 351 g/mol. The molecule has 0 spiro atoms. The number of carbonyl (C=O) groups excluding carboxylic acids is 1. The molecule has 1 saturated heterocycles. The number of halogens is 3. The second-order valence-corrected chi connectivity index (χ2v) is 6.07. The Balaban J connectivity index is 1.59. The summed E-state index contributed by atoms with van der Waals surface area (Å²) in [6, 6.07) is 2.13. The molecule has 2 aromatic rings. The van der Waals surface area contributed by atoms with Gasteiger partial charge < -0.3 is 4.90 Å². The van der Waals surface area contributed by atoms with Crippen LogP contribution in [0.1, 0.15) is 29.2 Å². The van der Waals surface area contributed by atoms with Gasteiger partial charge >= 0.3 is 6.18 Å². The lowest BCUT2D eigenvalue weighted by atomic mass is 9.96. The number of amides is 1. The zero-order chi connectivity index (χ0) is 18.7. The van der Waals surface area contributed by atoms with E-state index in [1.54, 1.807) is 11.0 Å². The Morgan fingerprint density at radius 1 is 1.15 bits per heavy atom. The summed E-state index contributed by atoms with van der Waals surface area (Å²) in [6.45, 7) is 1.23. The third-order valence-electron chi connectivity index (χ3n) is 4.28. The van der Waals surface area contributed by atoms with Crippen LogP contribution in [0.2, 0.25) is 0 Å². The topological polar surface area (TPSA) is 81.0 Å². The molecule has 0 N–H and O–H groups in total. The number of nitrogens with zero attached hydrogens (tertiary/aromatic N) is 5. The fraction of sp³-hybridized carbons (Fsp3) is 0.438. The maximum Gasteiger partial charge on any atom is 0.433 e. The summed E-state index contributed by atoms with van der Waals surface area (Å²) >= 11 is 0. The van der Waals surface area contributed by atoms with Crippen LogP contribution in [0.25, 0.3) is 0 Å². The van der Waals surface area contributed by atoms with E-state index in [0.717, 1.165) is 6.33 Å². The summed E-state index contributed by atoms with van der Waals surface area (Å²) in [7, 11) is 0. The molecule has 26 heavy (non-hydrogen) atoms. The van der Waals surface area contributed by atoms with Crippen molar-refractivity contribution < 1.29 is 18.0 Å². The number of carbonyl (C=O) groups is 1. The molecule has 0 unspecified atom stereocenters. The van der Waals surface area contributed by atoms with Gasteiger partial charge in [0, 0.05) is 38.1 Å². The third kappa shape index (κ3) is 4.06. The molecule has 2 aromatic heterocycles. The van der Waals surface area contributed by atoms with Gasteiger partial charge in [-0.3, -0.25) is 14.2 Å². The van der Waals surface area contributed by atoms with E-state index < -0.39 is 17.4 Å². The molecule has 10 heteroatoms. The van der Waals surface area contributed by atoms with Gasteiger partial charge in [-0.1, -0.05) is 0 Å². The molecule has 0 saturated carbocycles. The summed E-state index contributed by atoms with van der Waals surface area (Å²) in [5, 5.41) is 0. The number of rotatable bonds is 3. The number of hydrogen-bond acceptors (Lipinski definition) is 5. The first kappa shape index (κ1) is 18.0. The molecule has 3 heterocycles. The lowest BCUT2D eigenvalue weighted by Gasteiger charge is -2.31. The van der Waals surface area contributed by atoms with Crippen LogP contribution >= 0.6 is 0 Å². The quantitative estimate of drug-likeness (QED) is 0.823. The van der Waals surface area contributed by atoms with Crippen LogP contribution < -0.4 is 5.56 Å². The SMILES string of the molecule is O=C(c1ncccn1)N1CCC(Cn2cnc(C(F)(F)F)cc2=O)CC1. The van der Waals surface area contributed by atoms with E-state index in [2.05, 4.69) is 15.0 Å². The van der Waals surface area contributed by atoms with E-state index in [4.69, 9.17) is 0 Å². The summed E-state index contributed by atoms with van der Waals surface area (Å²) < 4.78 is 38.9. The Hall–Kier alpha value is -2.78. The Morgan fingerprint density at radius 2 is 1.81 bits per heavy atom. The number of hydrogen-bond donors (Lipinski definition) is 0. The van der Waals surface area contributed by atoms with Gasteiger partial charge in [-0.15, -0.1) is 0 Å². The minimum atomic E-state index is -4.64. The molecule has 1 aliphatic heterocycles. The summed E-state index contributed by atoms with van der Waals surface area (Å²) in [5.41, 5.74) is -1.93. The third-order valence-corrected chi connectivity index (χ3v) is 4.28. The smallest absolute Gasteiger partial charge is 0.336 e. The molecule has 3 rings (SSSR count). The van der Waals surface area contributed by atoms with Gasteiger partial charge in [0.25, 0.3) is 11.5 Å². The van der Waals surface area contributed by atoms with Gasteiger partial charge in [-0.2, -0.15) is 13.2 Å². The monoisotopic (exact) mass is 367 g/mol. The molecule has 1 amide bonds. The van der Waals surface area contributed by atoms with E-state index in [0.29, 0.717) is 32.0 Å². The molecule has 0 aromatic carbocycles. The Labute approximate surface area is 146 Å². The predicted octanol–water partition coefficient (Wildman–Crippen LogP) is 1.60. The second-order valence-electron chi connectivity index (χ2n) is 6.07. The fourth-order valence-corrected chi connectivity index (χ4v) is 2.87. The Bertz CT molecular complexity index is 830. The van der Waals surface area contributed by atoms with Crippen LogP contribution in [0.4, 0.5) is 13.2 Å². The molecule has 0 atom stereocenters. The maximum absolute atomic E-state index is 12.6. The van der Waals surface area contributed by atoms with E-state index in [9.17, 15) is 22.8 Å². The standard InChI is InChI=1S/C16H16F3N5O2/c17-16(18,19)12-8-13(25)24(10-22-12)9-11-2-6-23(7-3-11)15(26)14-20-4-1-5-21-14/h1,4-5,8,10-11H,2-3,6-7,9H2. The van der Waals surface area contributed by atoms with Crippen molar-refractivity contribution in [2.45, 2.75) is 25.6 Å². The maximum atomic E-state index is 12.6. The number of likely N-dealkylation sites (tertiary alicyclic amines) is 1. The summed E-state index contributed by atoms with van der Waals surface area (Å²) in [5.74, 6) is -0.0431. The molecule has 0 bridgehead atoms. The van der Waals surface area contributed by atoms with Gasteiger partial charge in [0.2, 0.25) is 5.82 Å². The van der Waals surface area contributed by atoms with E-state index in [1.165, 1.54) is 17.0 Å². The average Bonchev–Trinajstić information content (AvgIpc) is 2.63. The minimum Gasteiger partial charge on any atom is -0.336 e. The Kier molecular flexibility index (Phi) is 5.01. The Morgan fingerprint density at radius 3 is 2.38 bits per heavy atom. The minimum absolute atomic E-state index is 0.0759.